The molecule has 0 atom stereocenters. The second-order valence-electron chi connectivity index (χ2n) is 6.03. The number of ether oxygens (including phenoxy) is 4. The fraction of sp³-hybridized carbons (Fsp3) is 0.286. The van der Waals surface area contributed by atoms with Crippen molar-refractivity contribution in [3.05, 3.63) is 46.7 Å². The lowest BCUT2D eigenvalue weighted by molar-refractivity contribution is 0.320. The molecule has 1 N–H and O–H groups in total. The van der Waals surface area contributed by atoms with Gasteiger partial charge in [-0.1, -0.05) is 17.7 Å². The number of phenolic OH excluding ortho intramolecular Hbond substituents is 1. The first kappa shape index (κ1) is 19.9. The summed E-state index contributed by atoms with van der Waals surface area (Å²) >= 11 is 6.57. The van der Waals surface area contributed by atoms with Crippen LogP contribution in [0, 0.1) is 0 Å². The molecular formula is C21H22ClNO5. The Morgan fingerprint density at radius 2 is 1.68 bits per heavy atom. The molecular weight excluding hydrogens is 382 g/mol. The van der Waals surface area contributed by atoms with E-state index < -0.39 is 0 Å². The summed E-state index contributed by atoms with van der Waals surface area (Å²) in [6.45, 7) is 2.33. The van der Waals surface area contributed by atoms with Gasteiger partial charge in [-0.25, -0.2) is 0 Å². The smallest absolute Gasteiger partial charge is 0.204 e. The van der Waals surface area contributed by atoms with Gasteiger partial charge >= 0.3 is 0 Å². The number of rotatable bonds is 7. The van der Waals surface area contributed by atoms with Crippen molar-refractivity contribution in [3.63, 3.8) is 0 Å². The van der Waals surface area contributed by atoms with Crippen molar-refractivity contribution in [1.82, 2.24) is 4.98 Å². The normalized spacial score (nSPS) is 10.8. The van der Waals surface area contributed by atoms with Gasteiger partial charge in [-0.05, 0) is 35.6 Å². The number of hydrogen-bond donors (Lipinski definition) is 1. The second-order valence-corrected chi connectivity index (χ2v) is 6.41. The fourth-order valence-electron chi connectivity index (χ4n) is 3.19. The molecule has 6 nitrogen and oxygen atoms in total. The Bertz CT molecular complexity index is 1010. The molecule has 0 saturated heterocycles. The van der Waals surface area contributed by atoms with Crippen LogP contribution in [0.2, 0.25) is 5.02 Å². The number of methoxy groups -OCH3 is 3. The van der Waals surface area contributed by atoms with Crippen molar-refractivity contribution >= 4 is 22.4 Å². The minimum absolute atomic E-state index is 0.0738. The lowest BCUT2D eigenvalue weighted by Crippen LogP contribution is -2.00. The SMILES string of the molecule is CCOc1ccc2c(Cc3cc(OC)c(OC)c(OC)c3Cl)cncc2c1O. The summed E-state index contributed by atoms with van der Waals surface area (Å²) in [5, 5.41) is 12.4. The highest BCUT2D eigenvalue weighted by Crippen LogP contribution is 2.45. The van der Waals surface area contributed by atoms with E-state index in [2.05, 4.69) is 4.98 Å². The van der Waals surface area contributed by atoms with E-state index in [4.69, 9.17) is 30.5 Å². The Morgan fingerprint density at radius 3 is 2.32 bits per heavy atom. The Kier molecular flexibility index (Phi) is 5.99. The van der Waals surface area contributed by atoms with Crippen molar-refractivity contribution in [2.75, 3.05) is 27.9 Å². The number of aromatic hydroxyl groups is 1. The molecule has 0 aliphatic rings. The minimum Gasteiger partial charge on any atom is -0.504 e. The van der Waals surface area contributed by atoms with E-state index >= 15 is 0 Å². The number of pyridine rings is 1. The van der Waals surface area contributed by atoms with Gasteiger partial charge < -0.3 is 24.1 Å². The summed E-state index contributed by atoms with van der Waals surface area (Å²) in [6, 6.07) is 5.47. The number of aromatic nitrogens is 1. The highest BCUT2D eigenvalue weighted by Gasteiger charge is 2.20. The molecule has 1 aromatic heterocycles. The zero-order chi connectivity index (χ0) is 20.3. The molecule has 148 valence electrons. The Morgan fingerprint density at radius 1 is 0.929 bits per heavy atom. The summed E-state index contributed by atoms with van der Waals surface area (Å²) in [6.07, 6.45) is 3.84. The second kappa shape index (κ2) is 8.44. The van der Waals surface area contributed by atoms with Gasteiger partial charge in [0.2, 0.25) is 5.75 Å². The van der Waals surface area contributed by atoms with Crippen molar-refractivity contribution in [2.24, 2.45) is 0 Å². The van der Waals surface area contributed by atoms with Crippen molar-refractivity contribution in [1.29, 1.82) is 0 Å². The van der Waals surface area contributed by atoms with Crippen LogP contribution < -0.4 is 18.9 Å². The van der Waals surface area contributed by atoms with Crippen molar-refractivity contribution in [2.45, 2.75) is 13.3 Å². The van der Waals surface area contributed by atoms with Gasteiger partial charge in [0.05, 0.1) is 33.0 Å². The zero-order valence-electron chi connectivity index (χ0n) is 16.2. The molecule has 0 bridgehead atoms. The Hall–Kier alpha value is -2.86. The number of halogens is 1. The predicted octanol–water partition coefficient (Wildman–Crippen LogP) is 4.61. The lowest BCUT2D eigenvalue weighted by atomic mass is 9.99. The highest BCUT2D eigenvalue weighted by molar-refractivity contribution is 6.33. The first-order chi connectivity index (χ1) is 13.5. The first-order valence-electron chi connectivity index (χ1n) is 8.74. The quantitative estimate of drug-likeness (QED) is 0.621. The largest absolute Gasteiger partial charge is 0.504 e. The van der Waals surface area contributed by atoms with Gasteiger partial charge in [0.15, 0.2) is 23.0 Å². The molecule has 0 saturated carbocycles. The van der Waals surface area contributed by atoms with Crippen LogP contribution in [0.3, 0.4) is 0 Å². The van der Waals surface area contributed by atoms with Gasteiger partial charge in [-0.3, -0.25) is 4.98 Å². The highest BCUT2D eigenvalue weighted by atomic mass is 35.5. The van der Waals surface area contributed by atoms with Crippen LogP contribution in [0.4, 0.5) is 0 Å². The van der Waals surface area contributed by atoms with Crippen molar-refractivity contribution in [3.8, 4) is 28.7 Å². The molecule has 0 radical (unpaired) electrons. The van der Waals surface area contributed by atoms with E-state index in [1.807, 2.05) is 19.1 Å². The maximum atomic E-state index is 10.5. The van der Waals surface area contributed by atoms with Gasteiger partial charge in [0.1, 0.15) is 0 Å². The van der Waals surface area contributed by atoms with Gasteiger partial charge in [0.25, 0.3) is 0 Å². The summed E-state index contributed by atoms with van der Waals surface area (Å²) in [4.78, 5) is 4.27. The van der Waals surface area contributed by atoms with E-state index in [1.54, 1.807) is 25.6 Å². The summed E-state index contributed by atoms with van der Waals surface area (Å²) in [7, 11) is 4.62. The molecule has 7 heteroatoms. The third kappa shape index (κ3) is 3.47. The monoisotopic (exact) mass is 403 g/mol. The molecule has 0 aliphatic carbocycles. The van der Waals surface area contributed by atoms with Crippen LogP contribution >= 0.6 is 11.6 Å². The molecule has 28 heavy (non-hydrogen) atoms. The molecule has 0 spiro atoms. The summed E-state index contributed by atoms with van der Waals surface area (Å²) < 4.78 is 21.7. The summed E-state index contributed by atoms with van der Waals surface area (Å²) in [5.74, 6) is 1.87. The van der Waals surface area contributed by atoms with E-state index in [-0.39, 0.29) is 5.75 Å². The third-order valence-corrected chi connectivity index (χ3v) is 4.90. The van der Waals surface area contributed by atoms with E-state index in [9.17, 15) is 5.11 Å². The number of nitrogens with zero attached hydrogens (tertiary/aromatic N) is 1. The number of hydrogen-bond acceptors (Lipinski definition) is 6. The van der Waals surface area contributed by atoms with Crippen LogP contribution in [0.15, 0.2) is 30.6 Å². The lowest BCUT2D eigenvalue weighted by Gasteiger charge is -2.17. The number of benzene rings is 2. The van der Waals surface area contributed by atoms with Gasteiger partial charge in [0, 0.05) is 24.2 Å². The fourth-order valence-corrected chi connectivity index (χ4v) is 3.47. The average molecular weight is 404 g/mol. The first-order valence-corrected chi connectivity index (χ1v) is 9.12. The standard InChI is InChI=1S/C21H22ClNO5/c1-5-28-16-7-6-14-13(10-23-11-15(14)19(16)24)8-12-9-17(25-2)20(26-3)21(27-4)18(12)22/h6-7,9-11,24H,5,8H2,1-4H3. The zero-order valence-corrected chi connectivity index (χ0v) is 17.0. The number of fused-ring (bicyclic) bond motifs is 1. The van der Waals surface area contributed by atoms with E-state index in [0.717, 1.165) is 16.5 Å². The van der Waals surface area contributed by atoms with Crippen LogP contribution in [-0.2, 0) is 6.42 Å². The average Bonchev–Trinajstić information content (AvgIpc) is 2.71. The maximum absolute atomic E-state index is 10.5. The van der Waals surface area contributed by atoms with Crippen LogP contribution in [0.5, 0.6) is 28.7 Å². The van der Waals surface area contributed by atoms with E-state index in [0.29, 0.717) is 46.4 Å². The van der Waals surface area contributed by atoms with Crippen LogP contribution in [0.1, 0.15) is 18.1 Å². The van der Waals surface area contributed by atoms with Crippen LogP contribution in [-0.4, -0.2) is 38.0 Å². The Labute approximate surface area is 168 Å². The Balaban J connectivity index is 2.12. The molecule has 3 aromatic rings. The van der Waals surface area contributed by atoms with Gasteiger partial charge in [-0.2, -0.15) is 0 Å². The molecule has 0 aliphatic heterocycles. The maximum Gasteiger partial charge on any atom is 0.204 e. The summed E-state index contributed by atoms with van der Waals surface area (Å²) in [5.41, 5.74) is 1.69. The molecule has 3 rings (SSSR count). The molecule has 2 aromatic carbocycles. The number of phenols is 1. The van der Waals surface area contributed by atoms with Crippen molar-refractivity contribution < 1.29 is 24.1 Å². The topological polar surface area (TPSA) is 70.0 Å². The molecule has 0 amide bonds. The molecule has 0 fully saturated rings. The van der Waals surface area contributed by atoms with Crippen LogP contribution in [0.25, 0.3) is 10.8 Å². The minimum atomic E-state index is 0.0738. The molecule has 1 heterocycles. The van der Waals surface area contributed by atoms with Gasteiger partial charge in [-0.15, -0.1) is 0 Å². The van der Waals surface area contributed by atoms with E-state index in [1.165, 1.54) is 14.2 Å². The molecule has 0 unspecified atom stereocenters. The predicted molar refractivity (Wildman–Crippen MR) is 108 cm³/mol. The third-order valence-electron chi connectivity index (χ3n) is 4.49.